The minimum absolute atomic E-state index is 0.207. The molecule has 1 amide bonds. The molecule has 29 heavy (non-hydrogen) atoms. The highest BCUT2D eigenvalue weighted by Crippen LogP contribution is 2.37. The number of likely N-dealkylation sites (N-methyl/N-ethyl adjacent to an activating group) is 1. The van der Waals surface area contributed by atoms with E-state index in [1.165, 1.54) is 16.6 Å². The SMILES string of the molecule is CCN1C(=O)/C(=c2/sc3nc(-c4ccc(F)cc4)nn3c2=O)c2cc(Br)ccc21. The van der Waals surface area contributed by atoms with E-state index >= 15 is 0 Å². The minimum atomic E-state index is -0.391. The molecule has 0 saturated heterocycles. The number of fused-ring (bicyclic) bond motifs is 2. The Hall–Kier alpha value is -2.91. The summed E-state index contributed by atoms with van der Waals surface area (Å²) in [6, 6.07) is 11.3. The predicted molar refractivity (Wildman–Crippen MR) is 112 cm³/mol. The van der Waals surface area contributed by atoms with Crippen molar-refractivity contribution in [2.45, 2.75) is 6.92 Å². The third kappa shape index (κ3) is 2.72. The number of amides is 1. The molecule has 2 aromatic heterocycles. The molecule has 0 bridgehead atoms. The van der Waals surface area contributed by atoms with Crippen molar-refractivity contribution in [3.63, 3.8) is 0 Å². The fourth-order valence-corrected chi connectivity index (χ4v) is 4.80. The highest BCUT2D eigenvalue weighted by Gasteiger charge is 2.33. The smallest absolute Gasteiger partial charge is 0.291 e. The second-order valence-electron chi connectivity index (χ2n) is 6.46. The maximum absolute atomic E-state index is 13.1. The van der Waals surface area contributed by atoms with Gasteiger partial charge in [-0.1, -0.05) is 27.3 Å². The lowest BCUT2D eigenvalue weighted by atomic mass is 10.1. The average Bonchev–Trinajstić information content (AvgIpc) is 3.33. The Labute approximate surface area is 176 Å². The third-order valence-electron chi connectivity index (χ3n) is 4.78. The van der Waals surface area contributed by atoms with Crippen molar-refractivity contribution >= 4 is 49.4 Å². The fourth-order valence-electron chi connectivity index (χ4n) is 3.44. The summed E-state index contributed by atoms with van der Waals surface area (Å²) < 4.78 is 15.5. The van der Waals surface area contributed by atoms with Crippen LogP contribution in [0.15, 0.2) is 51.7 Å². The van der Waals surface area contributed by atoms with Gasteiger partial charge in [-0.15, -0.1) is 5.10 Å². The lowest BCUT2D eigenvalue weighted by molar-refractivity contribution is -0.113. The molecule has 1 aliphatic heterocycles. The Morgan fingerprint density at radius 1 is 1.14 bits per heavy atom. The monoisotopic (exact) mass is 470 g/mol. The molecule has 3 heterocycles. The highest BCUT2D eigenvalue weighted by atomic mass is 79.9. The van der Waals surface area contributed by atoms with E-state index in [4.69, 9.17) is 0 Å². The molecule has 0 spiro atoms. The van der Waals surface area contributed by atoms with E-state index in [-0.39, 0.29) is 11.7 Å². The molecule has 5 rings (SSSR count). The van der Waals surface area contributed by atoms with Crippen molar-refractivity contribution in [3.8, 4) is 11.4 Å². The first kappa shape index (κ1) is 18.1. The Kier molecular flexibility index (Phi) is 4.11. The van der Waals surface area contributed by atoms with Gasteiger partial charge in [-0.05, 0) is 49.4 Å². The molecule has 0 unspecified atom stereocenters. The van der Waals surface area contributed by atoms with Crippen molar-refractivity contribution in [2.24, 2.45) is 0 Å². The van der Waals surface area contributed by atoms with Crippen molar-refractivity contribution < 1.29 is 9.18 Å². The molecule has 2 aromatic carbocycles. The molecule has 0 N–H and O–H groups in total. The van der Waals surface area contributed by atoms with Crippen molar-refractivity contribution in [2.75, 3.05) is 11.4 Å². The van der Waals surface area contributed by atoms with Gasteiger partial charge in [0, 0.05) is 22.1 Å². The maximum Gasteiger partial charge on any atom is 0.291 e. The summed E-state index contributed by atoms with van der Waals surface area (Å²) in [5, 5.41) is 4.28. The summed E-state index contributed by atoms with van der Waals surface area (Å²) in [7, 11) is 0. The third-order valence-corrected chi connectivity index (χ3v) is 6.30. The van der Waals surface area contributed by atoms with Gasteiger partial charge < -0.3 is 4.90 Å². The van der Waals surface area contributed by atoms with E-state index < -0.39 is 5.56 Å². The standard InChI is InChI=1S/C20H12BrFN4O2S/c1-2-25-14-8-5-11(21)9-13(14)15(18(25)27)16-19(28)26-20(29-16)23-17(24-26)10-3-6-12(22)7-4-10/h3-9H,2H2,1H3/b16-15+. The summed E-state index contributed by atoms with van der Waals surface area (Å²) >= 11 is 4.57. The van der Waals surface area contributed by atoms with Crippen LogP contribution >= 0.6 is 27.3 Å². The largest absolute Gasteiger partial charge is 0.308 e. The zero-order chi connectivity index (χ0) is 20.3. The van der Waals surface area contributed by atoms with E-state index in [1.54, 1.807) is 17.0 Å². The van der Waals surface area contributed by atoms with E-state index in [1.807, 2.05) is 25.1 Å². The topological polar surface area (TPSA) is 67.6 Å². The Bertz CT molecular complexity index is 1410. The second-order valence-corrected chi connectivity index (χ2v) is 8.35. The van der Waals surface area contributed by atoms with Gasteiger partial charge in [-0.25, -0.2) is 4.39 Å². The van der Waals surface area contributed by atoms with Crippen molar-refractivity contribution in [3.05, 3.63) is 73.2 Å². The number of anilines is 1. The molecule has 0 saturated carbocycles. The first-order chi connectivity index (χ1) is 14.0. The lowest BCUT2D eigenvalue weighted by Crippen LogP contribution is -2.32. The van der Waals surface area contributed by atoms with Gasteiger partial charge >= 0.3 is 0 Å². The number of halogens is 2. The van der Waals surface area contributed by atoms with E-state index in [0.29, 0.717) is 38.6 Å². The van der Waals surface area contributed by atoms with Gasteiger partial charge in [-0.2, -0.15) is 9.50 Å². The fraction of sp³-hybridized carbons (Fsp3) is 0.100. The minimum Gasteiger partial charge on any atom is -0.308 e. The average molecular weight is 471 g/mol. The maximum atomic E-state index is 13.1. The van der Waals surface area contributed by atoms with Crippen molar-refractivity contribution in [1.29, 1.82) is 0 Å². The van der Waals surface area contributed by atoms with Crippen LogP contribution in [-0.4, -0.2) is 27.0 Å². The van der Waals surface area contributed by atoms with Crippen LogP contribution in [0.5, 0.6) is 0 Å². The van der Waals surface area contributed by atoms with Crippen LogP contribution in [-0.2, 0) is 4.79 Å². The number of rotatable bonds is 2. The van der Waals surface area contributed by atoms with Crippen LogP contribution in [0.25, 0.3) is 21.9 Å². The van der Waals surface area contributed by atoms with Crippen LogP contribution in [0, 0.1) is 5.82 Å². The Morgan fingerprint density at radius 2 is 1.90 bits per heavy atom. The molecular formula is C20H12BrFN4O2S. The number of hydrogen-bond donors (Lipinski definition) is 0. The molecule has 0 aliphatic carbocycles. The summed E-state index contributed by atoms with van der Waals surface area (Å²) in [6.45, 7) is 2.39. The van der Waals surface area contributed by atoms with Crippen molar-refractivity contribution in [1.82, 2.24) is 14.6 Å². The molecule has 6 nitrogen and oxygen atoms in total. The van der Waals surface area contributed by atoms with Crippen LogP contribution in [0.4, 0.5) is 10.1 Å². The lowest BCUT2D eigenvalue weighted by Gasteiger charge is -2.13. The molecular weight excluding hydrogens is 459 g/mol. The van der Waals surface area contributed by atoms with E-state index in [0.717, 1.165) is 21.5 Å². The van der Waals surface area contributed by atoms with Gasteiger partial charge in [0.1, 0.15) is 10.3 Å². The zero-order valence-corrected chi connectivity index (χ0v) is 17.4. The Morgan fingerprint density at radius 3 is 2.59 bits per heavy atom. The van der Waals surface area contributed by atoms with Gasteiger partial charge in [0.25, 0.3) is 11.5 Å². The summed E-state index contributed by atoms with van der Waals surface area (Å²) in [5.74, 6) is -0.232. The number of carbonyl (C=O) groups is 1. The van der Waals surface area contributed by atoms with Gasteiger partial charge in [0.05, 0.1) is 11.3 Å². The normalized spacial score (nSPS) is 15.4. The molecule has 0 radical (unpaired) electrons. The number of carbonyl (C=O) groups excluding carboxylic acids is 1. The number of thiazole rings is 1. The van der Waals surface area contributed by atoms with Crippen LogP contribution in [0.1, 0.15) is 12.5 Å². The summed E-state index contributed by atoms with van der Waals surface area (Å²) in [6.07, 6.45) is 0. The quantitative estimate of drug-likeness (QED) is 0.451. The molecule has 0 atom stereocenters. The van der Waals surface area contributed by atoms with Gasteiger partial charge in [0.15, 0.2) is 5.82 Å². The number of hydrogen-bond acceptors (Lipinski definition) is 5. The number of benzene rings is 2. The molecule has 4 aromatic rings. The van der Waals surface area contributed by atoms with E-state index in [9.17, 15) is 14.0 Å². The van der Waals surface area contributed by atoms with Crippen LogP contribution in [0.2, 0.25) is 0 Å². The number of nitrogens with zero attached hydrogens (tertiary/aromatic N) is 4. The first-order valence-corrected chi connectivity index (χ1v) is 10.4. The zero-order valence-electron chi connectivity index (χ0n) is 15.0. The summed E-state index contributed by atoms with van der Waals surface area (Å²) in [5.41, 5.74) is 2.08. The van der Waals surface area contributed by atoms with E-state index in [2.05, 4.69) is 26.0 Å². The first-order valence-electron chi connectivity index (χ1n) is 8.79. The Balaban J connectivity index is 1.74. The van der Waals surface area contributed by atoms with Gasteiger partial charge in [-0.3, -0.25) is 9.59 Å². The molecule has 9 heteroatoms. The number of aromatic nitrogens is 3. The van der Waals surface area contributed by atoms with Crippen LogP contribution in [0.3, 0.4) is 0 Å². The molecule has 144 valence electrons. The molecule has 1 aliphatic rings. The highest BCUT2D eigenvalue weighted by molar-refractivity contribution is 9.10. The predicted octanol–water partition coefficient (Wildman–Crippen LogP) is 3.00. The van der Waals surface area contributed by atoms with Gasteiger partial charge in [0.2, 0.25) is 4.96 Å². The molecule has 0 fully saturated rings. The van der Waals surface area contributed by atoms with Crippen LogP contribution < -0.4 is 15.0 Å². The second kappa shape index (κ2) is 6.57. The summed E-state index contributed by atoms with van der Waals surface area (Å²) in [4.78, 5) is 32.5.